The average Bonchev–Trinajstić information content (AvgIpc) is 2.31. The zero-order valence-corrected chi connectivity index (χ0v) is 6.03. The van der Waals surface area contributed by atoms with Crippen LogP contribution >= 0.6 is 0 Å². The molecule has 2 heterocycles. The second-order valence-electron chi connectivity index (χ2n) is 2.43. The van der Waals surface area contributed by atoms with Gasteiger partial charge in [0.05, 0.1) is 6.20 Å². The van der Waals surface area contributed by atoms with E-state index >= 15 is 0 Å². The SMILES string of the molecule is Cc1cc2cncc(O)c2o1. The smallest absolute Gasteiger partial charge is 0.179 e. The zero-order valence-electron chi connectivity index (χ0n) is 6.03. The number of nitrogens with zero attached hydrogens (tertiary/aromatic N) is 1. The summed E-state index contributed by atoms with van der Waals surface area (Å²) in [6.07, 6.45) is 3.02. The molecule has 11 heavy (non-hydrogen) atoms. The highest BCUT2D eigenvalue weighted by Crippen LogP contribution is 2.25. The van der Waals surface area contributed by atoms with Crippen molar-refractivity contribution in [2.45, 2.75) is 6.92 Å². The molecule has 56 valence electrons. The Bertz CT molecular complexity index is 392. The highest BCUT2D eigenvalue weighted by Gasteiger charge is 2.03. The third-order valence-electron chi connectivity index (χ3n) is 1.53. The molecule has 2 aromatic rings. The summed E-state index contributed by atoms with van der Waals surface area (Å²) in [5, 5.41) is 10.1. The van der Waals surface area contributed by atoms with E-state index in [0.29, 0.717) is 5.58 Å². The van der Waals surface area contributed by atoms with Crippen LogP contribution in [-0.2, 0) is 0 Å². The molecule has 0 saturated carbocycles. The summed E-state index contributed by atoms with van der Waals surface area (Å²) in [6.45, 7) is 1.83. The number of hydrogen-bond acceptors (Lipinski definition) is 3. The van der Waals surface area contributed by atoms with Crippen LogP contribution in [0.25, 0.3) is 11.0 Å². The summed E-state index contributed by atoms with van der Waals surface area (Å²) in [5.41, 5.74) is 0.512. The van der Waals surface area contributed by atoms with E-state index in [0.717, 1.165) is 11.1 Å². The lowest BCUT2D eigenvalue weighted by atomic mass is 10.3. The molecule has 0 radical (unpaired) electrons. The first-order valence-corrected chi connectivity index (χ1v) is 3.30. The number of rotatable bonds is 0. The van der Waals surface area contributed by atoms with Crippen LogP contribution in [0.1, 0.15) is 5.76 Å². The monoisotopic (exact) mass is 149 g/mol. The summed E-state index contributed by atoms with van der Waals surface area (Å²) in [7, 11) is 0. The van der Waals surface area contributed by atoms with Crippen LogP contribution in [0.5, 0.6) is 5.75 Å². The largest absolute Gasteiger partial charge is 0.503 e. The van der Waals surface area contributed by atoms with Gasteiger partial charge in [-0.05, 0) is 13.0 Å². The number of hydrogen-bond donors (Lipinski definition) is 1. The van der Waals surface area contributed by atoms with E-state index < -0.39 is 0 Å². The first kappa shape index (κ1) is 6.22. The Morgan fingerprint density at radius 1 is 1.45 bits per heavy atom. The van der Waals surface area contributed by atoms with Gasteiger partial charge in [0.25, 0.3) is 0 Å². The van der Waals surface area contributed by atoms with Crippen LogP contribution < -0.4 is 0 Å². The van der Waals surface area contributed by atoms with Gasteiger partial charge in [0.15, 0.2) is 11.3 Å². The molecule has 0 unspecified atom stereocenters. The number of fused-ring (bicyclic) bond motifs is 1. The standard InChI is InChI=1S/C8H7NO2/c1-5-2-6-3-9-4-7(10)8(6)11-5/h2-4,10H,1H3. The number of aryl methyl sites for hydroxylation is 1. The van der Waals surface area contributed by atoms with Gasteiger partial charge in [0.2, 0.25) is 0 Å². The molecule has 0 fully saturated rings. The van der Waals surface area contributed by atoms with E-state index in [2.05, 4.69) is 4.98 Å². The fourth-order valence-electron chi connectivity index (χ4n) is 1.08. The highest BCUT2D eigenvalue weighted by molar-refractivity contribution is 5.81. The van der Waals surface area contributed by atoms with E-state index in [4.69, 9.17) is 4.42 Å². The maximum absolute atomic E-state index is 9.23. The molecule has 3 nitrogen and oxygen atoms in total. The highest BCUT2D eigenvalue weighted by atomic mass is 16.4. The van der Waals surface area contributed by atoms with Gasteiger partial charge in [0, 0.05) is 11.6 Å². The molecule has 0 atom stereocenters. The third kappa shape index (κ3) is 0.852. The molecule has 0 spiro atoms. The van der Waals surface area contributed by atoms with Gasteiger partial charge in [-0.1, -0.05) is 0 Å². The van der Waals surface area contributed by atoms with Crippen molar-refractivity contribution < 1.29 is 9.52 Å². The normalized spacial score (nSPS) is 10.6. The molecular weight excluding hydrogens is 142 g/mol. The minimum Gasteiger partial charge on any atom is -0.503 e. The van der Waals surface area contributed by atoms with Gasteiger partial charge in [-0.25, -0.2) is 0 Å². The minimum atomic E-state index is 0.0931. The average molecular weight is 149 g/mol. The Hall–Kier alpha value is -1.51. The predicted octanol–water partition coefficient (Wildman–Crippen LogP) is 1.84. The molecule has 0 saturated heterocycles. The van der Waals surface area contributed by atoms with Crippen LogP contribution in [0.2, 0.25) is 0 Å². The second-order valence-corrected chi connectivity index (χ2v) is 2.43. The van der Waals surface area contributed by atoms with Crippen molar-refractivity contribution in [1.29, 1.82) is 0 Å². The van der Waals surface area contributed by atoms with Crippen LogP contribution in [0.15, 0.2) is 22.9 Å². The molecule has 0 aliphatic rings. The first-order chi connectivity index (χ1) is 5.27. The molecular formula is C8H7NO2. The van der Waals surface area contributed by atoms with E-state index in [9.17, 15) is 5.11 Å². The maximum Gasteiger partial charge on any atom is 0.179 e. The lowest BCUT2D eigenvalue weighted by Crippen LogP contribution is -1.69. The first-order valence-electron chi connectivity index (χ1n) is 3.30. The minimum absolute atomic E-state index is 0.0931. The maximum atomic E-state index is 9.23. The summed E-state index contributed by atoms with van der Waals surface area (Å²) in [6, 6.07) is 1.84. The lowest BCUT2D eigenvalue weighted by Gasteiger charge is -1.89. The molecule has 2 rings (SSSR count). The molecule has 0 aliphatic heterocycles. The van der Waals surface area contributed by atoms with Crippen LogP contribution in [0, 0.1) is 6.92 Å². The Morgan fingerprint density at radius 3 is 3.00 bits per heavy atom. The predicted molar refractivity (Wildman–Crippen MR) is 40.4 cm³/mol. The van der Waals surface area contributed by atoms with Gasteiger partial charge in [-0.3, -0.25) is 4.98 Å². The Kier molecular flexibility index (Phi) is 1.12. The molecule has 0 bridgehead atoms. The molecule has 3 heteroatoms. The van der Waals surface area contributed by atoms with Crippen molar-refractivity contribution in [3.8, 4) is 5.75 Å². The van der Waals surface area contributed by atoms with Crippen molar-refractivity contribution in [3.63, 3.8) is 0 Å². The number of aromatic hydroxyl groups is 1. The van der Waals surface area contributed by atoms with Crippen molar-refractivity contribution in [2.75, 3.05) is 0 Å². The van der Waals surface area contributed by atoms with Gasteiger partial charge >= 0.3 is 0 Å². The van der Waals surface area contributed by atoms with E-state index in [1.165, 1.54) is 6.20 Å². The van der Waals surface area contributed by atoms with Crippen molar-refractivity contribution in [1.82, 2.24) is 4.98 Å². The van der Waals surface area contributed by atoms with E-state index in [1.807, 2.05) is 13.0 Å². The van der Waals surface area contributed by atoms with Gasteiger partial charge < -0.3 is 9.52 Å². The van der Waals surface area contributed by atoms with Gasteiger partial charge in [-0.2, -0.15) is 0 Å². The zero-order chi connectivity index (χ0) is 7.84. The number of aromatic nitrogens is 1. The van der Waals surface area contributed by atoms with Crippen molar-refractivity contribution >= 4 is 11.0 Å². The van der Waals surface area contributed by atoms with E-state index in [-0.39, 0.29) is 5.75 Å². The molecule has 1 N–H and O–H groups in total. The Labute approximate surface area is 63.3 Å². The van der Waals surface area contributed by atoms with Crippen molar-refractivity contribution in [3.05, 3.63) is 24.2 Å². The topological polar surface area (TPSA) is 46.3 Å². The molecule has 0 amide bonds. The lowest BCUT2D eigenvalue weighted by molar-refractivity contribution is 0.459. The van der Waals surface area contributed by atoms with Gasteiger partial charge in [-0.15, -0.1) is 0 Å². The summed E-state index contributed by atoms with van der Waals surface area (Å²) >= 11 is 0. The number of pyridine rings is 1. The third-order valence-corrected chi connectivity index (χ3v) is 1.53. The van der Waals surface area contributed by atoms with Crippen molar-refractivity contribution in [2.24, 2.45) is 0 Å². The molecule has 2 aromatic heterocycles. The summed E-state index contributed by atoms with van der Waals surface area (Å²) in [5.74, 6) is 0.874. The quantitative estimate of drug-likeness (QED) is 0.621. The van der Waals surface area contributed by atoms with Crippen LogP contribution in [-0.4, -0.2) is 10.1 Å². The van der Waals surface area contributed by atoms with Crippen LogP contribution in [0.4, 0.5) is 0 Å². The summed E-state index contributed by atoms with van der Waals surface area (Å²) < 4.78 is 5.21. The Balaban J connectivity index is 2.90. The van der Waals surface area contributed by atoms with E-state index in [1.54, 1.807) is 6.20 Å². The molecule has 0 aliphatic carbocycles. The fraction of sp³-hybridized carbons (Fsp3) is 0.125. The Morgan fingerprint density at radius 2 is 2.27 bits per heavy atom. The fourth-order valence-corrected chi connectivity index (χ4v) is 1.08. The molecule has 0 aromatic carbocycles. The summed E-state index contributed by atoms with van der Waals surface area (Å²) in [4.78, 5) is 3.82. The second kappa shape index (κ2) is 1.99. The number of furan rings is 1. The van der Waals surface area contributed by atoms with Crippen LogP contribution in [0.3, 0.4) is 0 Å². The van der Waals surface area contributed by atoms with Gasteiger partial charge in [0.1, 0.15) is 5.76 Å².